The number of hydrogen-bond acceptors (Lipinski definition) is 6. The summed E-state index contributed by atoms with van der Waals surface area (Å²) in [6.07, 6.45) is -0.432. The van der Waals surface area contributed by atoms with E-state index >= 15 is 0 Å². The van der Waals surface area contributed by atoms with Crippen LogP contribution in [-0.2, 0) is 9.47 Å². The van der Waals surface area contributed by atoms with Gasteiger partial charge in [0.1, 0.15) is 17.4 Å². The molecule has 8 heteroatoms. The van der Waals surface area contributed by atoms with Crippen molar-refractivity contribution in [3.05, 3.63) is 95.6 Å². The van der Waals surface area contributed by atoms with E-state index in [1.54, 1.807) is 18.2 Å². The topological polar surface area (TPSA) is 89.1 Å². The van der Waals surface area contributed by atoms with Crippen LogP contribution in [0.3, 0.4) is 0 Å². The summed E-state index contributed by atoms with van der Waals surface area (Å²) in [5.41, 5.74) is 2.57. The van der Waals surface area contributed by atoms with Gasteiger partial charge in [0, 0.05) is 31.9 Å². The quantitative estimate of drug-likeness (QED) is 0.440. The number of amides is 2. The van der Waals surface area contributed by atoms with Crippen LogP contribution in [0.5, 0.6) is 5.75 Å². The number of carbonyl (C=O) groups excluding carboxylic acids is 2. The summed E-state index contributed by atoms with van der Waals surface area (Å²) in [4.78, 5) is 27.3. The molecule has 2 N–H and O–H groups in total. The second kappa shape index (κ2) is 12.7. The first-order valence-electron chi connectivity index (χ1n) is 12.0. The molecular formula is C28H31N3O5. The first-order valence-corrected chi connectivity index (χ1v) is 12.0. The van der Waals surface area contributed by atoms with Gasteiger partial charge in [0.15, 0.2) is 0 Å². The fraction of sp³-hybridized carbons (Fsp3) is 0.286. The van der Waals surface area contributed by atoms with Crippen LogP contribution in [0.2, 0.25) is 0 Å². The highest BCUT2D eigenvalue weighted by Crippen LogP contribution is 2.32. The molecule has 36 heavy (non-hydrogen) atoms. The highest BCUT2D eigenvalue weighted by Gasteiger charge is 2.21. The molecule has 0 aliphatic carbocycles. The van der Waals surface area contributed by atoms with Crippen molar-refractivity contribution in [2.24, 2.45) is 0 Å². The van der Waals surface area contributed by atoms with Crippen molar-refractivity contribution in [1.29, 1.82) is 0 Å². The van der Waals surface area contributed by atoms with E-state index in [0.29, 0.717) is 31.2 Å². The molecule has 0 unspecified atom stereocenters. The Morgan fingerprint density at radius 2 is 1.58 bits per heavy atom. The van der Waals surface area contributed by atoms with Crippen LogP contribution in [0, 0.1) is 0 Å². The van der Waals surface area contributed by atoms with Crippen molar-refractivity contribution in [3.8, 4) is 5.75 Å². The zero-order valence-corrected chi connectivity index (χ0v) is 20.3. The lowest BCUT2D eigenvalue weighted by molar-refractivity contribution is 0.0388. The molecule has 0 bridgehead atoms. The second-order valence-corrected chi connectivity index (χ2v) is 8.36. The highest BCUT2D eigenvalue weighted by molar-refractivity contribution is 5.96. The zero-order valence-electron chi connectivity index (χ0n) is 20.3. The van der Waals surface area contributed by atoms with E-state index in [9.17, 15) is 9.59 Å². The number of morpholine rings is 1. The molecule has 1 fully saturated rings. The third-order valence-electron chi connectivity index (χ3n) is 5.91. The van der Waals surface area contributed by atoms with E-state index in [2.05, 4.69) is 15.5 Å². The fourth-order valence-corrected chi connectivity index (χ4v) is 4.02. The predicted octanol–water partition coefficient (Wildman–Crippen LogP) is 4.10. The monoisotopic (exact) mass is 489 g/mol. The summed E-state index contributed by atoms with van der Waals surface area (Å²) >= 11 is 0. The van der Waals surface area contributed by atoms with Gasteiger partial charge in [-0.15, -0.1) is 0 Å². The Morgan fingerprint density at radius 3 is 2.19 bits per heavy atom. The predicted molar refractivity (Wildman–Crippen MR) is 137 cm³/mol. The minimum Gasteiger partial charge on any atom is -0.480 e. The van der Waals surface area contributed by atoms with Gasteiger partial charge in [-0.25, -0.2) is 9.59 Å². The molecule has 1 heterocycles. The third-order valence-corrected chi connectivity index (χ3v) is 5.91. The Hall–Kier alpha value is -3.88. The summed E-state index contributed by atoms with van der Waals surface area (Å²) < 4.78 is 16.7. The average Bonchev–Trinajstić information content (AvgIpc) is 2.93. The standard InChI is InChI=1S/C28H31N3O5/c1-34-27(32)24-20-23(30-28(33)29-14-15-31-16-18-35-19-17-31)12-13-25(24)36-26(21-8-4-2-5-9-21)22-10-6-3-7-11-22/h2-13,20,26H,14-19H2,1H3,(H2,29,30,33). The number of esters is 1. The lowest BCUT2D eigenvalue weighted by Gasteiger charge is -2.26. The largest absolute Gasteiger partial charge is 0.480 e. The molecule has 0 atom stereocenters. The van der Waals surface area contributed by atoms with Gasteiger partial charge in [0.2, 0.25) is 0 Å². The zero-order chi connectivity index (χ0) is 25.2. The number of nitrogens with one attached hydrogen (secondary N) is 2. The van der Waals surface area contributed by atoms with E-state index in [1.165, 1.54) is 7.11 Å². The minimum atomic E-state index is -0.554. The number of hydrogen-bond donors (Lipinski definition) is 2. The Labute approximate surface area is 211 Å². The molecule has 0 spiro atoms. The number of carbonyl (C=O) groups is 2. The first kappa shape index (κ1) is 25.2. The van der Waals surface area contributed by atoms with E-state index < -0.39 is 12.1 Å². The maximum absolute atomic E-state index is 12.6. The lowest BCUT2D eigenvalue weighted by atomic mass is 10.0. The number of rotatable bonds is 9. The molecule has 0 saturated carbocycles. The van der Waals surface area contributed by atoms with Gasteiger partial charge in [-0.1, -0.05) is 60.7 Å². The van der Waals surface area contributed by atoms with Crippen LogP contribution in [0.15, 0.2) is 78.9 Å². The normalized spacial score (nSPS) is 13.7. The summed E-state index contributed by atoms with van der Waals surface area (Å²) in [5.74, 6) is -0.195. The maximum atomic E-state index is 12.6. The Balaban J connectivity index is 1.48. The van der Waals surface area contributed by atoms with Crippen molar-refractivity contribution in [3.63, 3.8) is 0 Å². The van der Waals surface area contributed by atoms with E-state index in [-0.39, 0.29) is 11.6 Å². The Morgan fingerprint density at radius 1 is 0.944 bits per heavy atom. The lowest BCUT2D eigenvalue weighted by Crippen LogP contribution is -2.42. The molecule has 8 nitrogen and oxygen atoms in total. The van der Waals surface area contributed by atoms with E-state index in [0.717, 1.165) is 30.8 Å². The maximum Gasteiger partial charge on any atom is 0.341 e. The number of methoxy groups -OCH3 is 1. The molecule has 1 aliphatic rings. The average molecular weight is 490 g/mol. The Bertz CT molecular complexity index is 1090. The van der Waals surface area contributed by atoms with Crippen LogP contribution >= 0.6 is 0 Å². The summed E-state index contributed by atoms with van der Waals surface area (Å²) in [5, 5.41) is 5.64. The molecule has 3 aromatic carbocycles. The summed E-state index contributed by atoms with van der Waals surface area (Å²) in [6.45, 7) is 4.41. The van der Waals surface area contributed by atoms with Crippen molar-refractivity contribution in [1.82, 2.24) is 10.2 Å². The van der Waals surface area contributed by atoms with Gasteiger partial charge in [-0.3, -0.25) is 4.90 Å². The molecule has 4 rings (SSSR count). The molecule has 2 amide bonds. The van der Waals surface area contributed by atoms with Crippen molar-refractivity contribution >= 4 is 17.7 Å². The number of nitrogens with zero attached hydrogens (tertiary/aromatic N) is 1. The third kappa shape index (κ3) is 6.84. The van der Waals surface area contributed by atoms with Gasteiger partial charge in [0.25, 0.3) is 0 Å². The number of urea groups is 1. The van der Waals surface area contributed by atoms with Crippen LogP contribution in [0.1, 0.15) is 27.6 Å². The van der Waals surface area contributed by atoms with Crippen LogP contribution in [0.25, 0.3) is 0 Å². The fourth-order valence-electron chi connectivity index (χ4n) is 4.02. The summed E-state index contributed by atoms with van der Waals surface area (Å²) in [7, 11) is 1.32. The summed E-state index contributed by atoms with van der Waals surface area (Å²) in [6, 6.07) is 24.2. The molecule has 3 aromatic rings. The van der Waals surface area contributed by atoms with E-state index in [4.69, 9.17) is 14.2 Å². The molecule has 0 aromatic heterocycles. The minimum absolute atomic E-state index is 0.223. The molecule has 0 radical (unpaired) electrons. The molecular weight excluding hydrogens is 458 g/mol. The van der Waals surface area contributed by atoms with Crippen LogP contribution in [-0.4, -0.2) is 63.4 Å². The number of benzene rings is 3. The molecule has 1 saturated heterocycles. The first-order chi connectivity index (χ1) is 17.6. The van der Waals surface area contributed by atoms with Gasteiger partial charge in [0.05, 0.1) is 20.3 Å². The van der Waals surface area contributed by atoms with Crippen molar-refractivity contribution in [2.45, 2.75) is 6.10 Å². The van der Waals surface area contributed by atoms with Gasteiger partial charge < -0.3 is 24.8 Å². The van der Waals surface area contributed by atoms with Crippen molar-refractivity contribution in [2.75, 3.05) is 51.8 Å². The van der Waals surface area contributed by atoms with Gasteiger partial charge >= 0.3 is 12.0 Å². The van der Waals surface area contributed by atoms with Crippen molar-refractivity contribution < 1.29 is 23.8 Å². The van der Waals surface area contributed by atoms with E-state index in [1.807, 2.05) is 60.7 Å². The highest BCUT2D eigenvalue weighted by atomic mass is 16.5. The Kier molecular flexibility index (Phi) is 8.91. The number of anilines is 1. The van der Waals surface area contributed by atoms with Gasteiger partial charge in [-0.2, -0.15) is 0 Å². The molecule has 188 valence electrons. The van der Waals surface area contributed by atoms with Crippen LogP contribution < -0.4 is 15.4 Å². The smallest absolute Gasteiger partial charge is 0.341 e. The molecule has 1 aliphatic heterocycles. The van der Waals surface area contributed by atoms with Crippen LogP contribution in [0.4, 0.5) is 10.5 Å². The SMILES string of the molecule is COC(=O)c1cc(NC(=O)NCCN2CCOCC2)ccc1OC(c1ccccc1)c1ccccc1. The number of ether oxygens (including phenoxy) is 3. The van der Waals surface area contributed by atoms with Gasteiger partial charge in [-0.05, 0) is 29.3 Å². The second-order valence-electron chi connectivity index (χ2n) is 8.36.